The minimum absolute atomic E-state index is 0.0911. The molecule has 2 heterocycles. The number of rotatable bonds is 3. The molecule has 0 spiro atoms. The average molecular weight is 330 g/mol. The Hall–Kier alpha value is -2.81. The highest BCUT2D eigenvalue weighted by Gasteiger charge is 2.32. The second-order valence-electron chi connectivity index (χ2n) is 6.71. The summed E-state index contributed by atoms with van der Waals surface area (Å²) in [5, 5.41) is 7.07. The van der Waals surface area contributed by atoms with Crippen molar-refractivity contribution in [2.45, 2.75) is 33.2 Å². The molecule has 0 unspecified atom stereocenters. The van der Waals surface area contributed by atoms with Crippen LogP contribution in [-0.2, 0) is 0 Å². The van der Waals surface area contributed by atoms with Gasteiger partial charge in [-0.05, 0) is 67.8 Å². The Bertz CT molecular complexity index is 911. The van der Waals surface area contributed by atoms with Crippen molar-refractivity contribution in [3.8, 4) is 0 Å². The number of anilines is 1. The van der Waals surface area contributed by atoms with Gasteiger partial charge in [0.25, 0.3) is 0 Å². The summed E-state index contributed by atoms with van der Waals surface area (Å²) in [5.41, 5.74) is 7.33. The zero-order chi connectivity index (χ0) is 17.4. The number of benzene rings is 2. The highest BCUT2D eigenvalue weighted by Crippen LogP contribution is 2.37. The van der Waals surface area contributed by atoms with Gasteiger partial charge in [0.2, 0.25) is 0 Å². The Morgan fingerprint density at radius 2 is 1.68 bits per heavy atom. The molecule has 3 nitrogen and oxygen atoms in total. The zero-order valence-corrected chi connectivity index (χ0v) is 14.9. The van der Waals surface area contributed by atoms with E-state index in [4.69, 9.17) is 9.52 Å². The van der Waals surface area contributed by atoms with E-state index >= 15 is 0 Å². The SMILES string of the molecule is Cc1cc(C)c(C2=NN(c3ccccc3)[C@H](c3ccco3)C2)cc1C. The molecular formula is C22H22N2O. The van der Waals surface area contributed by atoms with Gasteiger partial charge in [-0.1, -0.05) is 24.3 Å². The second kappa shape index (κ2) is 6.25. The van der Waals surface area contributed by atoms with Gasteiger partial charge in [-0.15, -0.1) is 0 Å². The van der Waals surface area contributed by atoms with Gasteiger partial charge in [0.05, 0.1) is 17.7 Å². The normalized spacial score (nSPS) is 17.0. The van der Waals surface area contributed by atoms with E-state index in [9.17, 15) is 0 Å². The van der Waals surface area contributed by atoms with Gasteiger partial charge in [0, 0.05) is 12.0 Å². The first-order valence-corrected chi connectivity index (χ1v) is 8.67. The molecule has 0 N–H and O–H groups in total. The molecule has 4 rings (SSSR count). The molecule has 25 heavy (non-hydrogen) atoms. The molecule has 1 aliphatic rings. The van der Waals surface area contributed by atoms with E-state index in [1.54, 1.807) is 6.26 Å². The first kappa shape index (κ1) is 15.7. The number of hydrazone groups is 1. The van der Waals surface area contributed by atoms with Crippen LogP contribution in [0.1, 0.15) is 40.5 Å². The lowest BCUT2D eigenvalue weighted by atomic mass is 9.95. The van der Waals surface area contributed by atoms with E-state index < -0.39 is 0 Å². The fourth-order valence-electron chi connectivity index (χ4n) is 3.47. The molecule has 0 saturated heterocycles. The molecule has 3 heteroatoms. The fraction of sp³-hybridized carbons (Fsp3) is 0.227. The molecule has 2 aromatic carbocycles. The first-order valence-electron chi connectivity index (χ1n) is 8.67. The smallest absolute Gasteiger partial charge is 0.128 e. The van der Waals surface area contributed by atoms with E-state index in [0.29, 0.717) is 0 Å². The van der Waals surface area contributed by atoms with Crippen LogP contribution in [0.25, 0.3) is 0 Å². The maximum Gasteiger partial charge on any atom is 0.128 e. The molecular weight excluding hydrogens is 308 g/mol. The average Bonchev–Trinajstić information content (AvgIpc) is 3.28. The lowest BCUT2D eigenvalue weighted by molar-refractivity contribution is 0.465. The number of aryl methyl sites for hydroxylation is 3. The number of para-hydroxylation sites is 1. The molecule has 126 valence electrons. The van der Waals surface area contributed by atoms with Gasteiger partial charge in [-0.25, -0.2) is 0 Å². The van der Waals surface area contributed by atoms with Gasteiger partial charge in [0.15, 0.2) is 0 Å². The molecule has 0 radical (unpaired) electrons. The number of hydrogen-bond acceptors (Lipinski definition) is 3. The summed E-state index contributed by atoms with van der Waals surface area (Å²) in [6.07, 6.45) is 2.57. The van der Waals surface area contributed by atoms with E-state index in [2.05, 4.69) is 50.0 Å². The van der Waals surface area contributed by atoms with Crippen molar-refractivity contribution in [2.24, 2.45) is 5.10 Å². The summed E-state index contributed by atoms with van der Waals surface area (Å²) >= 11 is 0. The summed E-state index contributed by atoms with van der Waals surface area (Å²) in [7, 11) is 0. The monoisotopic (exact) mass is 330 g/mol. The minimum Gasteiger partial charge on any atom is -0.467 e. The highest BCUT2D eigenvalue weighted by molar-refractivity contribution is 6.04. The highest BCUT2D eigenvalue weighted by atomic mass is 16.3. The molecule has 1 atom stereocenters. The van der Waals surface area contributed by atoms with Crippen molar-refractivity contribution < 1.29 is 4.42 Å². The third kappa shape index (κ3) is 2.86. The topological polar surface area (TPSA) is 28.7 Å². The predicted octanol–water partition coefficient (Wildman–Crippen LogP) is 5.56. The van der Waals surface area contributed by atoms with Crippen molar-refractivity contribution >= 4 is 11.4 Å². The van der Waals surface area contributed by atoms with Crippen LogP contribution in [-0.4, -0.2) is 5.71 Å². The third-order valence-corrected chi connectivity index (χ3v) is 4.95. The minimum atomic E-state index is 0.0911. The Balaban J connectivity index is 1.78. The van der Waals surface area contributed by atoms with Crippen molar-refractivity contribution in [3.63, 3.8) is 0 Å². The molecule has 3 aromatic rings. The van der Waals surface area contributed by atoms with E-state index in [0.717, 1.165) is 23.6 Å². The van der Waals surface area contributed by atoms with Crippen LogP contribution < -0.4 is 5.01 Å². The molecule has 0 bridgehead atoms. The Kier molecular flexibility index (Phi) is 3.92. The maximum absolute atomic E-state index is 5.71. The van der Waals surface area contributed by atoms with Gasteiger partial charge in [-0.2, -0.15) is 5.10 Å². The standard InChI is InChI=1S/C22H22N2O/c1-15-12-17(3)19(13-16(15)2)20-14-21(22-10-7-11-25-22)24(23-20)18-8-5-4-6-9-18/h4-13,21H,14H2,1-3H3/t21-/m0/s1. The molecule has 1 aromatic heterocycles. The van der Waals surface area contributed by atoms with Crippen LogP contribution in [0.2, 0.25) is 0 Å². The summed E-state index contributed by atoms with van der Waals surface area (Å²) in [4.78, 5) is 0. The number of hydrogen-bond donors (Lipinski definition) is 0. The van der Waals surface area contributed by atoms with Crippen LogP contribution in [0.3, 0.4) is 0 Å². The lowest BCUT2D eigenvalue weighted by Gasteiger charge is -2.21. The number of furan rings is 1. The van der Waals surface area contributed by atoms with Gasteiger partial charge in [0.1, 0.15) is 11.8 Å². The van der Waals surface area contributed by atoms with Gasteiger partial charge < -0.3 is 4.42 Å². The summed E-state index contributed by atoms with van der Waals surface area (Å²) in [6, 6.07) is 18.9. The van der Waals surface area contributed by atoms with Crippen molar-refractivity contribution in [3.05, 3.63) is 88.9 Å². The van der Waals surface area contributed by atoms with Crippen LogP contribution >= 0.6 is 0 Å². The van der Waals surface area contributed by atoms with Gasteiger partial charge >= 0.3 is 0 Å². The molecule has 0 saturated carbocycles. The Labute approximate surface area is 148 Å². The Morgan fingerprint density at radius 1 is 0.920 bits per heavy atom. The van der Waals surface area contributed by atoms with Gasteiger partial charge in [-0.3, -0.25) is 5.01 Å². The van der Waals surface area contributed by atoms with Crippen molar-refractivity contribution in [2.75, 3.05) is 5.01 Å². The third-order valence-electron chi connectivity index (χ3n) is 4.95. The van der Waals surface area contributed by atoms with E-state index in [1.807, 2.05) is 30.3 Å². The molecule has 1 aliphatic heterocycles. The summed E-state index contributed by atoms with van der Waals surface area (Å²) in [5.74, 6) is 0.948. The zero-order valence-electron chi connectivity index (χ0n) is 14.9. The first-order chi connectivity index (χ1) is 12.1. The number of nitrogens with zero attached hydrogens (tertiary/aromatic N) is 2. The van der Waals surface area contributed by atoms with Crippen LogP contribution in [0.4, 0.5) is 5.69 Å². The maximum atomic E-state index is 5.71. The molecule has 0 fully saturated rings. The summed E-state index contributed by atoms with van der Waals surface area (Å²) < 4.78 is 5.71. The van der Waals surface area contributed by atoms with E-state index in [1.165, 1.54) is 22.3 Å². The quantitative estimate of drug-likeness (QED) is 0.629. The van der Waals surface area contributed by atoms with E-state index in [-0.39, 0.29) is 6.04 Å². The lowest BCUT2D eigenvalue weighted by Crippen LogP contribution is -2.17. The fourth-order valence-corrected chi connectivity index (χ4v) is 3.47. The van der Waals surface area contributed by atoms with Crippen molar-refractivity contribution in [1.29, 1.82) is 0 Å². The predicted molar refractivity (Wildman–Crippen MR) is 102 cm³/mol. The summed E-state index contributed by atoms with van der Waals surface area (Å²) in [6.45, 7) is 6.48. The van der Waals surface area contributed by atoms with Crippen LogP contribution in [0.15, 0.2) is 70.4 Å². The Morgan fingerprint density at radius 3 is 2.40 bits per heavy atom. The van der Waals surface area contributed by atoms with Crippen LogP contribution in [0, 0.1) is 20.8 Å². The second-order valence-corrected chi connectivity index (χ2v) is 6.71. The van der Waals surface area contributed by atoms with Crippen molar-refractivity contribution in [1.82, 2.24) is 0 Å². The molecule has 0 amide bonds. The molecule has 0 aliphatic carbocycles. The van der Waals surface area contributed by atoms with Crippen LogP contribution in [0.5, 0.6) is 0 Å². The largest absolute Gasteiger partial charge is 0.467 e.